The number of alkyl halides is 3. The number of hydrogen-bond donors (Lipinski definition) is 0. The van der Waals surface area contributed by atoms with Crippen LogP contribution in [0.25, 0.3) is 0 Å². The van der Waals surface area contributed by atoms with E-state index in [-0.39, 0.29) is 13.1 Å². The van der Waals surface area contributed by atoms with Crippen LogP contribution in [0.15, 0.2) is 18.5 Å². The van der Waals surface area contributed by atoms with E-state index >= 15 is 0 Å². The van der Waals surface area contributed by atoms with Crippen molar-refractivity contribution in [2.75, 3.05) is 37.7 Å². The number of ether oxygens (including phenoxy) is 1. The van der Waals surface area contributed by atoms with E-state index in [1.807, 2.05) is 11.8 Å². The van der Waals surface area contributed by atoms with Crippen molar-refractivity contribution in [3.05, 3.63) is 29.7 Å². The van der Waals surface area contributed by atoms with Crippen LogP contribution < -0.4 is 9.64 Å². The van der Waals surface area contributed by atoms with Gasteiger partial charge in [0.2, 0.25) is 11.8 Å². The van der Waals surface area contributed by atoms with Crippen LogP contribution in [0.2, 0.25) is 0 Å². The van der Waals surface area contributed by atoms with Gasteiger partial charge in [-0.25, -0.2) is 4.98 Å². The SMILES string of the molecule is CCOc1ccnc(N2CCN(C(=O)c3cnn(C(C)C)c3C(F)(F)F)CC2)n1. The molecule has 11 heteroatoms. The average molecular weight is 412 g/mol. The van der Waals surface area contributed by atoms with Crippen LogP contribution >= 0.6 is 0 Å². The van der Waals surface area contributed by atoms with Crippen molar-refractivity contribution in [2.24, 2.45) is 0 Å². The quantitative estimate of drug-likeness (QED) is 0.752. The summed E-state index contributed by atoms with van der Waals surface area (Å²) in [5.74, 6) is 0.242. The van der Waals surface area contributed by atoms with Crippen molar-refractivity contribution in [1.82, 2.24) is 24.6 Å². The lowest BCUT2D eigenvalue weighted by atomic mass is 10.2. The third-order valence-corrected chi connectivity index (χ3v) is 4.54. The molecular formula is C18H23F3N6O2. The van der Waals surface area contributed by atoms with Gasteiger partial charge >= 0.3 is 6.18 Å². The largest absolute Gasteiger partial charge is 0.478 e. The van der Waals surface area contributed by atoms with E-state index < -0.39 is 29.4 Å². The van der Waals surface area contributed by atoms with Gasteiger partial charge in [0.1, 0.15) is 0 Å². The number of rotatable bonds is 5. The maximum absolute atomic E-state index is 13.5. The van der Waals surface area contributed by atoms with E-state index in [2.05, 4.69) is 15.1 Å². The number of piperazine rings is 1. The lowest BCUT2D eigenvalue weighted by Crippen LogP contribution is -2.49. The minimum atomic E-state index is -4.67. The molecule has 1 saturated heterocycles. The summed E-state index contributed by atoms with van der Waals surface area (Å²) < 4.78 is 46.8. The van der Waals surface area contributed by atoms with Crippen molar-refractivity contribution >= 4 is 11.9 Å². The fraction of sp³-hybridized carbons (Fsp3) is 0.556. The summed E-state index contributed by atoms with van der Waals surface area (Å²) in [4.78, 5) is 24.6. The third-order valence-electron chi connectivity index (χ3n) is 4.54. The Labute approximate surface area is 166 Å². The van der Waals surface area contributed by atoms with E-state index in [1.54, 1.807) is 26.1 Å². The van der Waals surface area contributed by atoms with Gasteiger partial charge in [-0.15, -0.1) is 0 Å². The van der Waals surface area contributed by atoms with Gasteiger partial charge in [-0.2, -0.15) is 23.3 Å². The molecule has 2 aromatic heterocycles. The zero-order chi connectivity index (χ0) is 21.2. The smallest absolute Gasteiger partial charge is 0.433 e. The van der Waals surface area contributed by atoms with Crippen LogP contribution in [0, 0.1) is 0 Å². The summed E-state index contributed by atoms with van der Waals surface area (Å²) in [5, 5.41) is 3.79. The molecule has 0 saturated carbocycles. The summed E-state index contributed by atoms with van der Waals surface area (Å²) in [6.07, 6.45) is -2.08. The van der Waals surface area contributed by atoms with Crippen LogP contribution in [0.4, 0.5) is 19.1 Å². The maximum Gasteiger partial charge on any atom is 0.433 e. The van der Waals surface area contributed by atoms with Crippen LogP contribution in [-0.4, -0.2) is 63.3 Å². The van der Waals surface area contributed by atoms with Gasteiger partial charge in [0.15, 0.2) is 5.69 Å². The summed E-state index contributed by atoms with van der Waals surface area (Å²) in [6, 6.07) is 1.14. The van der Waals surface area contributed by atoms with Gasteiger partial charge in [-0.1, -0.05) is 0 Å². The monoisotopic (exact) mass is 412 g/mol. The molecule has 0 aliphatic carbocycles. The topological polar surface area (TPSA) is 76.4 Å². The molecule has 0 N–H and O–H groups in total. The van der Waals surface area contributed by atoms with Gasteiger partial charge in [0.05, 0.1) is 18.4 Å². The van der Waals surface area contributed by atoms with Gasteiger partial charge in [-0.05, 0) is 20.8 Å². The molecule has 3 rings (SSSR count). The third kappa shape index (κ3) is 4.43. The lowest BCUT2D eigenvalue weighted by molar-refractivity contribution is -0.145. The number of anilines is 1. The standard InChI is InChI=1S/C18H23F3N6O2/c1-4-29-14-5-6-22-17(24-14)26-9-7-25(8-10-26)16(28)13-11-23-27(12(2)3)15(13)18(19,20)21/h5-6,11-12H,4,7-10H2,1-3H3. The Balaban J connectivity index is 1.73. The molecule has 29 heavy (non-hydrogen) atoms. The van der Waals surface area contributed by atoms with Crippen molar-refractivity contribution in [3.63, 3.8) is 0 Å². The molecule has 0 unspecified atom stereocenters. The molecule has 0 spiro atoms. The summed E-state index contributed by atoms with van der Waals surface area (Å²) in [6.45, 7) is 6.82. The second kappa shape index (κ2) is 8.26. The Kier molecular flexibility index (Phi) is 5.94. The predicted octanol–water partition coefficient (Wildman–Crippen LogP) is 2.63. The van der Waals surface area contributed by atoms with Crippen molar-refractivity contribution in [2.45, 2.75) is 33.0 Å². The summed E-state index contributed by atoms with van der Waals surface area (Å²) >= 11 is 0. The number of carbonyl (C=O) groups is 1. The Bertz CT molecular complexity index is 860. The van der Waals surface area contributed by atoms with Crippen molar-refractivity contribution < 1.29 is 22.7 Å². The highest BCUT2D eigenvalue weighted by Crippen LogP contribution is 2.34. The Hall–Kier alpha value is -2.85. The van der Waals surface area contributed by atoms with Gasteiger partial charge < -0.3 is 14.5 Å². The van der Waals surface area contributed by atoms with Gasteiger partial charge in [0, 0.05) is 44.5 Å². The minimum absolute atomic E-state index is 0.255. The van der Waals surface area contributed by atoms with Gasteiger partial charge in [0.25, 0.3) is 5.91 Å². The molecule has 0 atom stereocenters. The Morgan fingerprint density at radius 2 is 1.93 bits per heavy atom. The Morgan fingerprint density at radius 3 is 2.52 bits per heavy atom. The molecule has 3 heterocycles. The van der Waals surface area contributed by atoms with Gasteiger partial charge in [-0.3, -0.25) is 9.48 Å². The Morgan fingerprint density at radius 1 is 1.24 bits per heavy atom. The molecule has 0 radical (unpaired) electrons. The number of hydrogen-bond acceptors (Lipinski definition) is 6. The van der Waals surface area contributed by atoms with Crippen LogP contribution in [0.3, 0.4) is 0 Å². The van der Waals surface area contributed by atoms with Crippen LogP contribution in [0.1, 0.15) is 42.9 Å². The molecule has 1 aliphatic heterocycles. The first-order valence-corrected chi connectivity index (χ1v) is 9.37. The van der Waals surface area contributed by atoms with Crippen molar-refractivity contribution in [3.8, 4) is 5.88 Å². The zero-order valence-corrected chi connectivity index (χ0v) is 16.5. The minimum Gasteiger partial charge on any atom is -0.478 e. The highest BCUT2D eigenvalue weighted by Gasteiger charge is 2.41. The number of carbonyl (C=O) groups excluding carboxylic acids is 1. The number of aromatic nitrogens is 4. The van der Waals surface area contributed by atoms with E-state index in [9.17, 15) is 18.0 Å². The second-order valence-corrected chi connectivity index (χ2v) is 6.85. The molecular weight excluding hydrogens is 389 g/mol. The van der Waals surface area contributed by atoms with Crippen LogP contribution in [0.5, 0.6) is 5.88 Å². The fourth-order valence-electron chi connectivity index (χ4n) is 3.19. The zero-order valence-electron chi connectivity index (χ0n) is 16.5. The molecule has 158 valence electrons. The molecule has 1 amide bonds. The first-order chi connectivity index (χ1) is 13.7. The number of amides is 1. The number of nitrogens with zero attached hydrogens (tertiary/aromatic N) is 6. The predicted molar refractivity (Wildman–Crippen MR) is 98.9 cm³/mol. The average Bonchev–Trinajstić information content (AvgIpc) is 3.14. The maximum atomic E-state index is 13.5. The number of halogens is 3. The van der Waals surface area contributed by atoms with E-state index in [0.29, 0.717) is 31.5 Å². The van der Waals surface area contributed by atoms with E-state index in [0.717, 1.165) is 10.9 Å². The molecule has 8 nitrogen and oxygen atoms in total. The van der Waals surface area contributed by atoms with Crippen molar-refractivity contribution in [1.29, 1.82) is 0 Å². The molecule has 0 aromatic carbocycles. The van der Waals surface area contributed by atoms with E-state index in [4.69, 9.17) is 4.74 Å². The van der Waals surface area contributed by atoms with Crippen LogP contribution in [-0.2, 0) is 6.18 Å². The normalized spacial score (nSPS) is 15.1. The second-order valence-electron chi connectivity index (χ2n) is 6.85. The highest BCUT2D eigenvalue weighted by atomic mass is 19.4. The fourth-order valence-corrected chi connectivity index (χ4v) is 3.19. The first kappa shape index (κ1) is 20.9. The summed E-state index contributed by atoms with van der Waals surface area (Å²) in [5.41, 5.74) is -1.43. The molecule has 1 aliphatic rings. The molecule has 0 bridgehead atoms. The molecule has 2 aromatic rings. The molecule has 1 fully saturated rings. The summed E-state index contributed by atoms with van der Waals surface area (Å²) in [7, 11) is 0. The highest BCUT2D eigenvalue weighted by molar-refractivity contribution is 5.95. The lowest BCUT2D eigenvalue weighted by Gasteiger charge is -2.34. The van der Waals surface area contributed by atoms with E-state index in [1.165, 1.54) is 4.90 Å². The first-order valence-electron chi connectivity index (χ1n) is 9.37.